The molecule has 0 aliphatic heterocycles. The van der Waals surface area contributed by atoms with Gasteiger partial charge in [0.05, 0.1) is 10.7 Å². The van der Waals surface area contributed by atoms with E-state index in [1.54, 1.807) is 0 Å². The molecule has 3 heteroatoms. The van der Waals surface area contributed by atoms with Gasteiger partial charge in [0.25, 0.3) is 0 Å². The minimum Gasteiger partial charge on any atom is -0.398 e. The average Bonchev–Trinajstić information content (AvgIpc) is 1.97. The molecule has 0 saturated heterocycles. The zero-order valence-electron chi connectivity index (χ0n) is 9.02. The van der Waals surface area contributed by atoms with Crippen molar-refractivity contribution in [1.82, 2.24) is 0 Å². The van der Waals surface area contributed by atoms with Gasteiger partial charge in [-0.05, 0) is 24.6 Å². The van der Waals surface area contributed by atoms with Crippen molar-refractivity contribution < 1.29 is 0 Å². The summed E-state index contributed by atoms with van der Waals surface area (Å²) in [5, 5.41) is 0.641. The lowest BCUT2D eigenvalue weighted by Crippen LogP contribution is -2.07. The molecule has 0 bridgehead atoms. The zero-order valence-corrected chi connectivity index (χ0v) is 10.6. The highest BCUT2D eigenvalue weighted by Gasteiger charge is 2.14. The van der Waals surface area contributed by atoms with Crippen molar-refractivity contribution in [2.75, 3.05) is 5.73 Å². The molecule has 0 aliphatic carbocycles. The molecular formula is C11H16ClNS. The molecule has 0 spiro atoms. The molecule has 0 amide bonds. The van der Waals surface area contributed by atoms with Crippen molar-refractivity contribution in [3.8, 4) is 0 Å². The summed E-state index contributed by atoms with van der Waals surface area (Å²) in [6.07, 6.45) is 0. The largest absolute Gasteiger partial charge is 0.398 e. The number of hydrogen-bond acceptors (Lipinski definition) is 2. The van der Waals surface area contributed by atoms with E-state index in [4.69, 9.17) is 17.3 Å². The summed E-state index contributed by atoms with van der Waals surface area (Å²) < 4.78 is 0.199. The van der Waals surface area contributed by atoms with E-state index in [1.807, 2.05) is 23.9 Å². The molecule has 0 aliphatic rings. The van der Waals surface area contributed by atoms with Crippen molar-refractivity contribution in [2.24, 2.45) is 0 Å². The second kappa shape index (κ2) is 4.03. The van der Waals surface area contributed by atoms with Gasteiger partial charge >= 0.3 is 0 Å². The summed E-state index contributed by atoms with van der Waals surface area (Å²) in [5.41, 5.74) is 7.55. The third-order valence-electron chi connectivity index (χ3n) is 1.71. The molecule has 1 aromatic rings. The number of nitrogen functional groups attached to an aromatic ring is 1. The molecule has 0 atom stereocenters. The normalized spacial score (nSPS) is 11.8. The van der Waals surface area contributed by atoms with E-state index in [0.717, 1.165) is 0 Å². The summed E-state index contributed by atoms with van der Waals surface area (Å²) in [4.78, 5) is 1.21. The van der Waals surface area contributed by atoms with Gasteiger partial charge < -0.3 is 5.73 Å². The lowest BCUT2D eigenvalue weighted by Gasteiger charge is -2.19. The highest BCUT2D eigenvalue weighted by atomic mass is 35.5. The van der Waals surface area contributed by atoms with Gasteiger partial charge in [0.2, 0.25) is 0 Å². The first-order valence-corrected chi connectivity index (χ1v) is 5.74. The van der Waals surface area contributed by atoms with Gasteiger partial charge in [0, 0.05) is 9.64 Å². The van der Waals surface area contributed by atoms with Gasteiger partial charge in [0.15, 0.2) is 0 Å². The Morgan fingerprint density at radius 1 is 1.29 bits per heavy atom. The van der Waals surface area contributed by atoms with Crippen LogP contribution in [0.4, 0.5) is 5.69 Å². The second-order valence-corrected chi connectivity index (χ2v) is 6.63. The lowest BCUT2D eigenvalue weighted by molar-refractivity contribution is 0.802. The Morgan fingerprint density at radius 2 is 1.86 bits per heavy atom. The molecule has 78 valence electrons. The molecular weight excluding hydrogens is 214 g/mol. The van der Waals surface area contributed by atoms with Crippen molar-refractivity contribution in [3.63, 3.8) is 0 Å². The van der Waals surface area contributed by atoms with Crippen LogP contribution in [0.5, 0.6) is 0 Å². The predicted octanol–water partition coefficient (Wildman–Crippen LogP) is 4.12. The number of nitrogens with two attached hydrogens (primary N) is 1. The minimum atomic E-state index is 0.199. The monoisotopic (exact) mass is 229 g/mol. The highest BCUT2D eigenvalue weighted by Crippen LogP contribution is 2.37. The molecule has 0 heterocycles. The van der Waals surface area contributed by atoms with Crippen LogP contribution in [0.2, 0.25) is 5.02 Å². The summed E-state index contributed by atoms with van der Waals surface area (Å²) in [7, 11) is 0. The van der Waals surface area contributed by atoms with Crippen LogP contribution in [-0.2, 0) is 0 Å². The fourth-order valence-electron chi connectivity index (χ4n) is 1.13. The lowest BCUT2D eigenvalue weighted by atomic mass is 10.2. The smallest absolute Gasteiger partial charge is 0.0646 e. The number of anilines is 1. The fourth-order valence-corrected chi connectivity index (χ4v) is 2.41. The zero-order chi connectivity index (χ0) is 10.9. The number of aryl methyl sites for hydroxylation is 1. The Morgan fingerprint density at radius 3 is 2.36 bits per heavy atom. The standard InChI is InChI=1S/C11H16ClNS/c1-7-5-9(13)8(12)6-10(7)14-11(2,3)4/h5-6H,13H2,1-4H3. The topological polar surface area (TPSA) is 26.0 Å². The molecule has 1 aromatic carbocycles. The van der Waals surface area contributed by atoms with Gasteiger partial charge in [-0.25, -0.2) is 0 Å². The van der Waals surface area contributed by atoms with E-state index in [2.05, 4.69) is 27.7 Å². The van der Waals surface area contributed by atoms with Crippen LogP contribution in [0.3, 0.4) is 0 Å². The number of thioether (sulfide) groups is 1. The molecule has 2 N–H and O–H groups in total. The quantitative estimate of drug-likeness (QED) is 0.579. The summed E-state index contributed by atoms with van der Waals surface area (Å²) >= 11 is 7.79. The third kappa shape index (κ3) is 3.10. The van der Waals surface area contributed by atoms with Crippen molar-refractivity contribution in [1.29, 1.82) is 0 Å². The number of halogens is 1. The van der Waals surface area contributed by atoms with Gasteiger partial charge in [0.1, 0.15) is 0 Å². The first-order valence-electron chi connectivity index (χ1n) is 4.54. The van der Waals surface area contributed by atoms with Crippen molar-refractivity contribution >= 4 is 29.1 Å². The molecule has 1 rings (SSSR count). The maximum absolute atomic E-state index is 5.98. The Balaban J connectivity index is 3.04. The summed E-state index contributed by atoms with van der Waals surface area (Å²) in [6.45, 7) is 8.60. The minimum absolute atomic E-state index is 0.199. The van der Waals surface area contributed by atoms with Crippen molar-refractivity contribution in [2.45, 2.75) is 37.3 Å². The van der Waals surface area contributed by atoms with Crippen LogP contribution < -0.4 is 5.73 Å². The van der Waals surface area contributed by atoms with Crippen LogP contribution in [0, 0.1) is 6.92 Å². The number of rotatable bonds is 1. The van der Waals surface area contributed by atoms with Crippen LogP contribution in [0.1, 0.15) is 26.3 Å². The Hall–Kier alpha value is -0.340. The van der Waals surface area contributed by atoms with Crippen LogP contribution >= 0.6 is 23.4 Å². The number of hydrogen-bond donors (Lipinski definition) is 1. The molecule has 0 unspecified atom stereocenters. The van der Waals surface area contributed by atoms with E-state index < -0.39 is 0 Å². The van der Waals surface area contributed by atoms with E-state index in [9.17, 15) is 0 Å². The molecule has 0 fully saturated rings. The molecule has 14 heavy (non-hydrogen) atoms. The summed E-state index contributed by atoms with van der Waals surface area (Å²) in [6, 6.07) is 3.87. The van der Waals surface area contributed by atoms with E-state index >= 15 is 0 Å². The summed E-state index contributed by atoms with van der Waals surface area (Å²) in [5.74, 6) is 0. The van der Waals surface area contributed by atoms with E-state index in [-0.39, 0.29) is 4.75 Å². The fraction of sp³-hybridized carbons (Fsp3) is 0.455. The maximum atomic E-state index is 5.98. The van der Waals surface area contributed by atoms with Crippen LogP contribution in [0.15, 0.2) is 17.0 Å². The molecule has 0 aromatic heterocycles. The molecule has 1 nitrogen and oxygen atoms in total. The Labute approximate surface area is 95.0 Å². The second-order valence-electron chi connectivity index (χ2n) is 4.35. The van der Waals surface area contributed by atoms with Gasteiger partial charge in [-0.3, -0.25) is 0 Å². The Kier molecular flexibility index (Phi) is 3.38. The first-order chi connectivity index (χ1) is 6.29. The van der Waals surface area contributed by atoms with Crippen LogP contribution in [0.25, 0.3) is 0 Å². The maximum Gasteiger partial charge on any atom is 0.0646 e. The number of benzene rings is 1. The SMILES string of the molecule is Cc1cc(N)c(Cl)cc1SC(C)(C)C. The van der Waals surface area contributed by atoms with Crippen LogP contribution in [-0.4, -0.2) is 4.75 Å². The average molecular weight is 230 g/mol. The predicted molar refractivity (Wildman–Crippen MR) is 66.2 cm³/mol. The van der Waals surface area contributed by atoms with E-state index in [0.29, 0.717) is 10.7 Å². The van der Waals surface area contributed by atoms with Crippen molar-refractivity contribution in [3.05, 3.63) is 22.7 Å². The Bertz CT molecular complexity index is 342. The van der Waals surface area contributed by atoms with E-state index in [1.165, 1.54) is 10.5 Å². The van der Waals surface area contributed by atoms with Gasteiger partial charge in [-0.2, -0.15) is 0 Å². The van der Waals surface area contributed by atoms with Gasteiger partial charge in [-0.1, -0.05) is 32.4 Å². The highest BCUT2D eigenvalue weighted by molar-refractivity contribution is 8.00. The molecule has 0 radical (unpaired) electrons. The third-order valence-corrected chi connectivity index (χ3v) is 3.31. The van der Waals surface area contributed by atoms with Gasteiger partial charge in [-0.15, -0.1) is 11.8 Å². The molecule has 0 saturated carbocycles. The first kappa shape index (κ1) is 11.7.